The van der Waals surface area contributed by atoms with Gasteiger partial charge >= 0.3 is 6.36 Å². The third-order valence-electron chi connectivity index (χ3n) is 1.39. The molecule has 0 aromatic rings. The quantitative estimate of drug-likeness (QED) is 0.591. The van der Waals surface area contributed by atoms with Gasteiger partial charge in [0.1, 0.15) is 0 Å². The molecule has 1 atom stereocenters. The molecule has 13 heavy (non-hydrogen) atoms. The van der Waals surface area contributed by atoms with Crippen LogP contribution in [-0.4, -0.2) is 12.2 Å². The molecule has 1 rings (SSSR count). The first kappa shape index (κ1) is 10.2. The Morgan fingerprint density at radius 1 is 1.38 bits per heavy atom. The van der Waals surface area contributed by atoms with Crippen molar-refractivity contribution < 1.29 is 26.7 Å². The lowest BCUT2D eigenvalue weighted by Gasteiger charge is -2.25. The fraction of sp³-hybridized carbons (Fsp3) is 0.429. The number of alkyl halides is 4. The third-order valence-corrected chi connectivity index (χ3v) is 1.39. The maximum absolute atomic E-state index is 13.0. The molecule has 0 aromatic heterocycles. The van der Waals surface area contributed by atoms with Crippen LogP contribution in [0, 0.1) is 0 Å². The summed E-state index contributed by atoms with van der Waals surface area (Å²) in [6.45, 7) is 0. The van der Waals surface area contributed by atoms with Crippen molar-refractivity contribution in [3.05, 3.63) is 24.1 Å². The molecule has 0 spiro atoms. The van der Waals surface area contributed by atoms with Crippen LogP contribution in [0.25, 0.3) is 0 Å². The Labute approximate surface area is 70.5 Å². The Balaban J connectivity index is 2.78. The van der Waals surface area contributed by atoms with Crippen LogP contribution in [0.4, 0.5) is 22.0 Å². The molecule has 0 heterocycles. The van der Waals surface area contributed by atoms with Gasteiger partial charge in [0.2, 0.25) is 0 Å². The van der Waals surface area contributed by atoms with E-state index in [4.69, 9.17) is 0 Å². The number of ether oxygens (including phenoxy) is 1. The van der Waals surface area contributed by atoms with Crippen LogP contribution in [0.3, 0.4) is 0 Å². The third kappa shape index (κ3) is 2.51. The summed E-state index contributed by atoms with van der Waals surface area (Å²) in [5.41, 5.74) is 0. The Kier molecular flexibility index (Phi) is 2.42. The zero-order valence-corrected chi connectivity index (χ0v) is 6.24. The lowest BCUT2D eigenvalue weighted by molar-refractivity contribution is -0.385. The Bertz CT molecular complexity index is 254. The van der Waals surface area contributed by atoms with Gasteiger partial charge in [-0.3, -0.25) is 0 Å². The molecule has 0 saturated carbocycles. The summed E-state index contributed by atoms with van der Waals surface area (Å²) in [6.07, 6.45) is -3.21. The average Bonchev–Trinajstić information content (AvgIpc) is 1.92. The fourth-order valence-corrected chi connectivity index (χ4v) is 0.868. The molecule has 1 aliphatic rings. The van der Waals surface area contributed by atoms with E-state index < -0.39 is 24.5 Å². The lowest BCUT2D eigenvalue weighted by Crippen LogP contribution is -2.35. The maximum atomic E-state index is 13.0. The maximum Gasteiger partial charge on any atom is 0.525 e. The van der Waals surface area contributed by atoms with Crippen LogP contribution >= 0.6 is 0 Å². The number of hydrogen-bond donors (Lipinski definition) is 0. The number of halogens is 5. The number of rotatable bonds is 1. The monoisotopic (exact) mass is 200 g/mol. The molecule has 0 N–H and O–H groups in total. The summed E-state index contributed by atoms with van der Waals surface area (Å²) >= 11 is 0. The van der Waals surface area contributed by atoms with Gasteiger partial charge in [-0.15, -0.1) is 13.2 Å². The van der Waals surface area contributed by atoms with E-state index >= 15 is 0 Å². The average molecular weight is 200 g/mol. The van der Waals surface area contributed by atoms with Gasteiger partial charge in [-0.05, 0) is 6.08 Å². The molecule has 1 nitrogen and oxygen atoms in total. The minimum atomic E-state index is -5.19. The Hall–Kier alpha value is -0.910. The van der Waals surface area contributed by atoms with Gasteiger partial charge < -0.3 is 0 Å². The van der Waals surface area contributed by atoms with Crippen LogP contribution in [-0.2, 0) is 4.74 Å². The topological polar surface area (TPSA) is 9.23 Å². The van der Waals surface area contributed by atoms with Crippen LogP contribution in [0.15, 0.2) is 24.1 Å². The molecule has 0 fully saturated rings. The minimum absolute atomic E-state index is 0.592. The summed E-state index contributed by atoms with van der Waals surface area (Å²) in [5.74, 6) is -4.97. The van der Waals surface area contributed by atoms with Crippen LogP contribution in [0.1, 0.15) is 6.42 Å². The highest BCUT2D eigenvalue weighted by molar-refractivity contribution is 5.20. The molecule has 0 radical (unpaired) electrons. The van der Waals surface area contributed by atoms with Gasteiger partial charge in [-0.25, -0.2) is 13.5 Å². The van der Waals surface area contributed by atoms with Crippen molar-refractivity contribution in [2.24, 2.45) is 0 Å². The molecular weight excluding hydrogens is 195 g/mol. The van der Waals surface area contributed by atoms with E-state index in [1.807, 2.05) is 0 Å². The first-order chi connectivity index (χ1) is 5.83. The molecule has 0 aromatic carbocycles. The van der Waals surface area contributed by atoms with Gasteiger partial charge in [0.15, 0.2) is 5.83 Å². The van der Waals surface area contributed by atoms with Gasteiger partial charge in [0.25, 0.3) is 5.85 Å². The summed E-state index contributed by atoms with van der Waals surface area (Å²) in [7, 11) is 0. The van der Waals surface area contributed by atoms with E-state index in [0.29, 0.717) is 6.08 Å². The van der Waals surface area contributed by atoms with E-state index in [1.165, 1.54) is 0 Å². The van der Waals surface area contributed by atoms with E-state index in [9.17, 15) is 22.0 Å². The van der Waals surface area contributed by atoms with Gasteiger partial charge in [-0.2, -0.15) is 0 Å². The van der Waals surface area contributed by atoms with Crippen molar-refractivity contribution in [2.75, 3.05) is 0 Å². The van der Waals surface area contributed by atoms with Crippen LogP contribution in [0.2, 0.25) is 0 Å². The smallest absolute Gasteiger partial charge is 0.247 e. The Morgan fingerprint density at radius 3 is 2.46 bits per heavy atom. The molecule has 0 amide bonds. The highest BCUT2D eigenvalue weighted by Crippen LogP contribution is 2.37. The summed E-state index contributed by atoms with van der Waals surface area (Å²) in [4.78, 5) is 0. The SMILES string of the molecule is FC1=CC=CCC1(F)OC(F)(F)F. The second kappa shape index (κ2) is 3.10. The van der Waals surface area contributed by atoms with Crippen LogP contribution in [0.5, 0.6) is 0 Å². The van der Waals surface area contributed by atoms with Crippen molar-refractivity contribution in [1.29, 1.82) is 0 Å². The molecule has 74 valence electrons. The highest BCUT2D eigenvalue weighted by Gasteiger charge is 2.47. The minimum Gasteiger partial charge on any atom is -0.247 e. The van der Waals surface area contributed by atoms with E-state index in [1.54, 1.807) is 0 Å². The van der Waals surface area contributed by atoms with E-state index in [-0.39, 0.29) is 0 Å². The van der Waals surface area contributed by atoms with Crippen molar-refractivity contribution >= 4 is 0 Å². The normalized spacial score (nSPS) is 28.8. The molecule has 0 aliphatic heterocycles. The number of hydrogen-bond acceptors (Lipinski definition) is 1. The number of allylic oxidation sites excluding steroid dienone is 2. The Morgan fingerprint density at radius 2 is 2.00 bits per heavy atom. The lowest BCUT2D eigenvalue weighted by atomic mass is 10.1. The molecule has 0 bridgehead atoms. The van der Waals surface area contributed by atoms with Crippen molar-refractivity contribution in [3.63, 3.8) is 0 Å². The fourth-order valence-electron chi connectivity index (χ4n) is 0.868. The van der Waals surface area contributed by atoms with Crippen molar-refractivity contribution in [1.82, 2.24) is 0 Å². The van der Waals surface area contributed by atoms with Gasteiger partial charge in [-0.1, -0.05) is 12.2 Å². The molecular formula is C7H5F5O. The summed E-state index contributed by atoms with van der Waals surface area (Å²) in [6, 6.07) is 0. The summed E-state index contributed by atoms with van der Waals surface area (Å²) < 4.78 is 63.4. The molecule has 0 saturated heterocycles. The molecule has 1 unspecified atom stereocenters. The van der Waals surface area contributed by atoms with Crippen LogP contribution < -0.4 is 0 Å². The first-order valence-electron chi connectivity index (χ1n) is 3.32. The van der Waals surface area contributed by atoms with Gasteiger partial charge in [0.05, 0.1) is 0 Å². The zero-order chi connectivity index (χ0) is 10.1. The largest absolute Gasteiger partial charge is 0.525 e. The standard InChI is InChI=1S/C7H5F5O/c8-5-3-1-2-4-6(5,9)13-7(10,11)12/h1-3H,4H2. The predicted molar refractivity (Wildman–Crippen MR) is 33.9 cm³/mol. The molecule has 6 heteroatoms. The predicted octanol–water partition coefficient (Wildman–Crippen LogP) is 3.00. The first-order valence-corrected chi connectivity index (χ1v) is 3.32. The van der Waals surface area contributed by atoms with Gasteiger partial charge in [0, 0.05) is 6.42 Å². The van der Waals surface area contributed by atoms with E-state index in [0.717, 1.165) is 12.2 Å². The zero-order valence-electron chi connectivity index (χ0n) is 6.24. The second-order valence-electron chi connectivity index (χ2n) is 2.42. The highest BCUT2D eigenvalue weighted by atomic mass is 19.4. The second-order valence-corrected chi connectivity index (χ2v) is 2.42. The van der Waals surface area contributed by atoms with E-state index in [2.05, 4.69) is 4.74 Å². The van der Waals surface area contributed by atoms with Crippen molar-refractivity contribution in [3.8, 4) is 0 Å². The molecule has 1 aliphatic carbocycles. The van der Waals surface area contributed by atoms with Crippen molar-refractivity contribution in [2.45, 2.75) is 18.6 Å². The summed E-state index contributed by atoms with van der Waals surface area (Å²) in [5, 5.41) is 0.